The molecule has 1 atom stereocenters. The molecule has 1 N–H and O–H groups in total. The van der Waals surface area contributed by atoms with Gasteiger partial charge in [-0.2, -0.15) is 0 Å². The van der Waals surface area contributed by atoms with Crippen LogP contribution in [0.25, 0.3) is 0 Å². The lowest BCUT2D eigenvalue weighted by Gasteiger charge is -2.19. The fraction of sp³-hybridized carbons (Fsp3) is 0.900. The Kier molecular flexibility index (Phi) is 5.37. The first-order chi connectivity index (χ1) is 7.78. The molecule has 0 amide bonds. The molecule has 0 fully saturated rings. The van der Waals surface area contributed by atoms with E-state index in [0.29, 0.717) is 0 Å². The minimum absolute atomic E-state index is 0.481. The molecule has 6 nitrogen and oxygen atoms in total. The minimum atomic E-state index is -3.68. The average molecular weight is 300 g/mol. The highest BCUT2D eigenvalue weighted by Crippen LogP contribution is 2.16. The van der Waals surface area contributed by atoms with Crippen LogP contribution in [0.4, 0.5) is 0 Å². The molecule has 108 valence electrons. The van der Waals surface area contributed by atoms with Crippen molar-refractivity contribution in [2.45, 2.75) is 32.4 Å². The van der Waals surface area contributed by atoms with Gasteiger partial charge in [0.2, 0.25) is 0 Å². The smallest absolute Gasteiger partial charge is 0.307 e. The normalized spacial score (nSPS) is 15.3. The fourth-order valence-corrected chi connectivity index (χ4v) is 4.66. The van der Waals surface area contributed by atoms with E-state index in [0.717, 1.165) is 0 Å². The Labute approximate surface area is 108 Å². The number of hydrogen-bond acceptors (Lipinski definition) is 5. The zero-order valence-electron chi connectivity index (χ0n) is 11.0. The molecule has 0 rings (SSSR count). The molecule has 0 saturated heterocycles. The molecule has 0 spiro atoms. The van der Waals surface area contributed by atoms with E-state index in [1.807, 2.05) is 0 Å². The van der Waals surface area contributed by atoms with Crippen molar-refractivity contribution in [3.05, 3.63) is 0 Å². The number of sulfone groups is 2. The van der Waals surface area contributed by atoms with Gasteiger partial charge in [0.15, 0.2) is 19.7 Å². The highest BCUT2D eigenvalue weighted by Gasteiger charge is 2.31. The van der Waals surface area contributed by atoms with Gasteiger partial charge in [-0.05, 0) is 20.8 Å². The molecule has 0 aliphatic rings. The summed E-state index contributed by atoms with van der Waals surface area (Å²) >= 11 is 0. The SMILES string of the molecule is CC(CS(=O)(=O)CCS(=O)(=O)C(C)(C)C)C(=O)O. The second-order valence-corrected chi connectivity index (χ2v) is 10.4. The summed E-state index contributed by atoms with van der Waals surface area (Å²) in [6.07, 6.45) is 0. The molecule has 0 aliphatic heterocycles. The first-order valence-electron chi connectivity index (χ1n) is 5.44. The van der Waals surface area contributed by atoms with Crippen LogP contribution in [0.2, 0.25) is 0 Å². The van der Waals surface area contributed by atoms with Crippen molar-refractivity contribution in [3.63, 3.8) is 0 Å². The van der Waals surface area contributed by atoms with Crippen LogP contribution in [0.15, 0.2) is 0 Å². The van der Waals surface area contributed by atoms with E-state index in [4.69, 9.17) is 5.11 Å². The monoisotopic (exact) mass is 300 g/mol. The lowest BCUT2D eigenvalue weighted by Crippen LogP contribution is -2.34. The molecule has 18 heavy (non-hydrogen) atoms. The molecule has 0 heterocycles. The first kappa shape index (κ1) is 17.4. The second-order valence-electron chi connectivity index (χ2n) is 5.28. The third-order valence-corrected chi connectivity index (χ3v) is 7.22. The Bertz CT molecular complexity index is 495. The van der Waals surface area contributed by atoms with Crippen LogP contribution >= 0.6 is 0 Å². The number of carbonyl (C=O) groups is 1. The Morgan fingerprint density at radius 3 is 1.89 bits per heavy atom. The Morgan fingerprint density at radius 1 is 1.11 bits per heavy atom. The van der Waals surface area contributed by atoms with E-state index >= 15 is 0 Å². The van der Waals surface area contributed by atoms with E-state index in [1.165, 1.54) is 27.7 Å². The zero-order chi connectivity index (χ0) is 14.8. The number of rotatable bonds is 6. The van der Waals surface area contributed by atoms with Crippen molar-refractivity contribution >= 4 is 25.6 Å². The molecule has 0 aromatic heterocycles. The average Bonchev–Trinajstić information content (AvgIpc) is 2.12. The highest BCUT2D eigenvalue weighted by atomic mass is 32.2. The summed E-state index contributed by atoms with van der Waals surface area (Å²) in [5.41, 5.74) is 0. The van der Waals surface area contributed by atoms with Gasteiger partial charge in [0.25, 0.3) is 0 Å². The maximum atomic E-state index is 11.7. The zero-order valence-corrected chi connectivity index (χ0v) is 12.6. The minimum Gasteiger partial charge on any atom is -0.481 e. The topological polar surface area (TPSA) is 106 Å². The lowest BCUT2D eigenvalue weighted by molar-refractivity contribution is -0.140. The molecule has 8 heteroatoms. The number of hydrogen-bond donors (Lipinski definition) is 1. The van der Waals surface area contributed by atoms with Crippen LogP contribution in [0.3, 0.4) is 0 Å². The Hall–Kier alpha value is -0.630. The number of carboxylic acid groups (broad SMARTS) is 1. The Balaban J connectivity index is 4.70. The van der Waals surface area contributed by atoms with Crippen molar-refractivity contribution < 1.29 is 26.7 Å². The maximum Gasteiger partial charge on any atom is 0.307 e. The van der Waals surface area contributed by atoms with Crippen molar-refractivity contribution in [1.82, 2.24) is 0 Å². The molecule has 0 saturated carbocycles. The molecule has 0 aromatic carbocycles. The van der Waals surface area contributed by atoms with Gasteiger partial charge in [0.05, 0.1) is 27.9 Å². The van der Waals surface area contributed by atoms with Gasteiger partial charge < -0.3 is 5.11 Å². The van der Waals surface area contributed by atoms with Crippen LogP contribution in [0.5, 0.6) is 0 Å². The van der Waals surface area contributed by atoms with Crippen LogP contribution in [0, 0.1) is 5.92 Å². The van der Waals surface area contributed by atoms with Gasteiger partial charge in [-0.25, -0.2) is 16.8 Å². The van der Waals surface area contributed by atoms with Crippen molar-refractivity contribution in [2.75, 3.05) is 17.3 Å². The third-order valence-electron chi connectivity index (χ3n) is 2.52. The maximum absolute atomic E-state index is 11.7. The summed E-state index contributed by atoms with van der Waals surface area (Å²) in [5, 5.41) is 8.62. The summed E-state index contributed by atoms with van der Waals surface area (Å²) in [4.78, 5) is 10.6. The molecule has 0 radical (unpaired) electrons. The van der Waals surface area contributed by atoms with Gasteiger partial charge in [0, 0.05) is 0 Å². The number of aliphatic carboxylic acids is 1. The highest BCUT2D eigenvalue weighted by molar-refractivity contribution is 7.95. The molecule has 0 aliphatic carbocycles. The largest absolute Gasteiger partial charge is 0.481 e. The Morgan fingerprint density at radius 2 is 1.56 bits per heavy atom. The molecule has 0 aromatic rings. The molecular weight excluding hydrogens is 280 g/mol. The van der Waals surface area contributed by atoms with Crippen molar-refractivity contribution in [1.29, 1.82) is 0 Å². The van der Waals surface area contributed by atoms with Crippen LogP contribution in [0.1, 0.15) is 27.7 Å². The summed E-state index contributed by atoms with van der Waals surface area (Å²) in [6.45, 7) is 5.76. The van der Waals surface area contributed by atoms with Gasteiger partial charge in [-0.3, -0.25) is 4.79 Å². The quantitative estimate of drug-likeness (QED) is 0.758. The van der Waals surface area contributed by atoms with Crippen LogP contribution in [-0.4, -0.2) is 49.9 Å². The number of carboxylic acids is 1. The first-order valence-corrected chi connectivity index (χ1v) is 8.91. The summed E-state index contributed by atoms with van der Waals surface area (Å²) in [7, 11) is -7.19. The van der Waals surface area contributed by atoms with E-state index in [2.05, 4.69) is 0 Å². The van der Waals surface area contributed by atoms with Crippen molar-refractivity contribution in [2.24, 2.45) is 5.92 Å². The third kappa shape index (κ3) is 5.34. The van der Waals surface area contributed by atoms with E-state index in [-0.39, 0.29) is 0 Å². The summed E-state index contributed by atoms with van der Waals surface area (Å²) in [6, 6.07) is 0. The summed E-state index contributed by atoms with van der Waals surface area (Å²) in [5.74, 6) is -3.80. The van der Waals surface area contributed by atoms with Gasteiger partial charge in [-0.1, -0.05) is 6.92 Å². The standard InChI is InChI=1S/C10H20O6S2/c1-8(9(11)12)7-17(13,14)5-6-18(15,16)10(2,3)4/h8H,5-7H2,1-4H3,(H,11,12). The molecule has 0 bridgehead atoms. The van der Waals surface area contributed by atoms with Crippen LogP contribution < -0.4 is 0 Å². The van der Waals surface area contributed by atoms with Gasteiger partial charge in [0.1, 0.15) is 0 Å². The van der Waals surface area contributed by atoms with E-state index in [1.54, 1.807) is 0 Å². The van der Waals surface area contributed by atoms with Gasteiger partial charge in [-0.15, -0.1) is 0 Å². The van der Waals surface area contributed by atoms with Crippen LogP contribution in [-0.2, 0) is 24.5 Å². The molecular formula is C10H20O6S2. The molecule has 1 unspecified atom stereocenters. The second kappa shape index (κ2) is 5.56. The van der Waals surface area contributed by atoms with E-state index < -0.39 is 53.6 Å². The lowest BCUT2D eigenvalue weighted by atomic mass is 10.2. The van der Waals surface area contributed by atoms with Gasteiger partial charge >= 0.3 is 5.97 Å². The predicted molar refractivity (Wildman–Crippen MR) is 69.0 cm³/mol. The van der Waals surface area contributed by atoms with E-state index in [9.17, 15) is 21.6 Å². The predicted octanol–water partition coefficient (Wildman–Crippen LogP) is 0.335. The van der Waals surface area contributed by atoms with Crippen molar-refractivity contribution in [3.8, 4) is 0 Å². The fourth-order valence-electron chi connectivity index (χ4n) is 1.08. The summed E-state index contributed by atoms with van der Waals surface area (Å²) < 4.78 is 45.6.